The molecule has 160 valence electrons. The van der Waals surface area contributed by atoms with Crippen LogP contribution in [0.15, 0.2) is 47.4 Å². The Balaban J connectivity index is 2.49. The Morgan fingerprint density at radius 1 is 1.10 bits per heavy atom. The average molecular weight is 478 g/mol. The molecule has 0 aromatic heterocycles. The SMILES string of the molecule is CCS(=O)CCC[C@@H](C)N(c1cc(Cl)ccc1CO)S(=O)(=O)c1ccc(Cl)cc1. The second-order valence-electron chi connectivity index (χ2n) is 6.61. The van der Waals surface area contributed by atoms with Gasteiger partial charge in [0.25, 0.3) is 10.0 Å². The number of halogens is 2. The molecule has 0 saturated carbocycles. The van der Waals surface area contributed by atoms with Gasteiger partial charge in [0.1, 0.15) is 0 Å². The lowest BCUT2D eigenvalue weighted by Gasteiger charge is -2.32. The third kappa shape index (κ3) is 6.18. The Labute approximate surface area is 185 Å². The highest BCUT2D eigenvalue weighted by Gasteiger charge is 2.31. The number of anilines is 1. The van der Waals surface area contributed by atoms with Gasteiger partial charge in [0.2, 0.25) is 0 Å². The molecule has 0 bridgehead atoms. The van der Waals surface area contributed by atoms with Crippen LogP contribution < -0.4 is 4.31 Å². The molecule has 0 amide bonds. The van der Waals surface area contributed by atoms with Crippen molar-refractivity contribution in [1.82, 2.24) is 0 Å². The summed E-state index contributed by atoms with van der Waals surface area (Å²) in [6.45, 7) is 3.33. The summed E-state index contributed by atoms with van der Waals surface area (Å²) in [4.78, 5) is 0.0924. The Morgan fingerprint density at radius 2 is 1.72 bits per heavy atom. The third-order valence-electron chi connectivity index (χ3n) is 4.54. The van der Waals surface area contributed by atoms with Crippen LogP contribution in [0, 0.1) is 0 Å². The van der Waals surface area contributed by atoms with Gasteiger partial charge in [-0.05, 0) is 56.2 Å². The maximum absolute atomic E-state index is 13.5. The lowest BCUT2D eigenvalue weighted by molar-refractivity contribution is 0.282. The standard InChI is InChI=1S/C20H25Cl2NO4S2/c1-3-28(25)12-4-5-15(2)23(20-13-18(22)7-6-16(20)14-24)29(26,27)19-10-8-17(21)9-11-19/h6-11,13,15,24H,3-5,12,14H2,1-2H3/t15-,28?/m1/s1. The van der Waals surface area contributed by atoms with Crippen molar-refractivity contribution in [2.45, 2.75) is 44.2 Å². The minimum atomic E-state index is -3.95. The van der Waals surface area contributed by atoms with E-state index in [2.05, 4.69) is 0 Å². The highest BCUT2D eigenvalue weighted by atomic mass is 35.5. The molecule has 0 radical (unpaired) electrons. The van der Waals surface area contributed by atoms with Crippen LogP contribution in [0.3, 0.4) is 0 Å². The van der Waals surface area contributed by atoms with Crippen LogP contribution in [0.5, 0.6) is 0 Å². The summed E-state index contributed by atoms with van der Waals surface area (Å²) in [7, 11) is -4.86. The van der Waals surface area contributed by atoms with Crippen LogP contribution in [-0.4, -0.2) is 35.3 Å². The number of rotatable bonds is 10. The van der Waals surface area contributed by atoms with E-state index in [4.69, 9.17) is 23.2 Å². The maximum Gasteiger partial charge on any atom is 0.264 e. The van der Waals surface area contributed by atoms with Gasteiger partial charge in [-0.3, -0.25) is 8.51 Å². The zero-order valence-corrected chi connectivity index (χ0v) is 19.5. The summed E-state index contributed by atoms with van der Waals surface area (Å²) in [5.74, 6) is 1.09. The molecule has 2 aromatic rings. The number of benzene rings is 2. The van der Waals surface area contributed by atoms with Crippen molar-refractivity contribution in [3.05, 3.63) is 58.1 Å². The number of nitrogens with zero attached hydrogens (tertiary/aromatic N) is 1. The van der Waals surface area contributed by atoms with Crippen LogP contribution in [0.25, 0.3) is 0 Å². The Hall–Kier alpha value is -1.12. The number of aliphatic hydroxyl groups excluding tert-OH is 1. The smallest absolute Gasteiger partial charge is 0.264 e. The number of hydrogen-bond donors (Lipinski definition) is 1. The van der Waals surface area contributed by atoms with Gasteiger partial charge in [-0.15, -0.1) is 0 Å². The first-order valence-corrected chi connectivity index (χ1v) is 12.9. The van der Waals surface area contributed by atoms with Gasteiger partial charge in [0.05, 0.1) is 17.2 Å². The van der Waals surface area contributed by atoms with Gasteiger partial charge < -0.3 is 5.11 Å². The summed E-state index contributed by atoms with van der Waals surface area (Å²) in [6, 6.07) is 10.3. The minimum absolute atomic E-state index is 0.0924. The first-order chi connectivity index (χ1) is 13.7. The van der Waals surface area contributed by atoms with Crippen LogP contribution in [-0.2, 0) is 27.4 Å². The fraction of sp³-hybridized carbons (Fsp3) is 0.400. The maximum atomic E-state index is 13.5. The van der Waals surface area contributed by atoms with Gasteiger partial charge in [0, 0.05) is 44.0 Å². The molecular formula is C20H25Cl2NO4S2. The van der Waals surface area contributed by atoms with Crippen molar-refractivity contribution in [2.75, 3.05) is 15.8 Å². The van der Waals surface area contributed by atoms with E-state index in [-0.39, 0.29) is 11.5 Å². The number of sulfonamides is 1. The van der Waals surface area contributed by atoms with Crippen molar-refractivity contribution >= 4 is 49.7 Å². The fourth-order valence-corrected chi connectivity index (χ4v) is 5.79. The van der Waals surface area contributed by atoms with Crippen LogP contribution in [0.2, 0.25) is 10.0 Å². The van der Waals surface area contributed by atoms with Crippen molar-refractivity contribution in [1.29, 1.82) is 0 Å². The van der Waals surface area contributed by atoms with Crippen molar-refractivity contribution in [3.63, 3.8) is 0 Å². The summed E-state index contributed by atoms with van der Waals surface area (Å²) in [5, 5.41) is 10.6. The second kappa shape index (κ2) is 10.8. The van der Waals surface area contributed by atoms with E-state index in [1.165, 1.54) is 28.6 Å². The molecule has 2 atom stereocenters. The van der Waals surface area contributed by atoms with E-state index >= 15 is 0 Å². The number of aliphatic hydroxyl groups is 1. The molecule has 1 N–H and O–H groups in total. The molecule has 9 heteroatoms. The summed E-state index contributed by atoms with van der Waals surface area (Å²) >= 11 is 12.1. The van der Waals surface area contributed by atoms with E-state index in [1.807, 2.05) is 6.92 Å². The lowest BCUT2D eigenvalue weighted by Crippen LogP contribution is -2.39. The highest BCUT2D eigenvalue weighted by molar-refractivity contribution is 7.92. The molecule has 0 aliphatic rings. The molecular weight excluding hydrogens is 453 g/mol. The molecule has 29 heavy (non-hydrogen) atoms. The largest absolute Gasteiger partial charge is 0.392 e. The number of hydrogen-bond acceptors (Lipinski definition) is 4. The van der Waals surface area contributed by atoms with E-state index in [9.17, 15) is 17.7 Å². The van der Waals surface area contributed by atoms with Crippen molar-refractivity contribution in [3.8, 4) is 0 Å². The lowest BCUT2D eigenvalue weighted by atomic mass is 10.1. The second-order valence-corrected chi connectivity index (χ2v) is 11.2. The normalized spacial score (nSPS) is 13.8. The molecule has 0 saturated heterocycles. The van der Waals surface area contributed by atoms with Crippen molar-refractivity contribution in [2.24, 2.45) is 0 Å². The van der Waals surface area contributed by atoms with Gasteiger partial charge in [0.15, 0.2) is 0 Å². The zero-order valence-electron chi connectivity index (χ0n) is 16.3. The van der Waals surface area contributed by atoms with Crippen LogP contribution in [0.1, 0.15) is 32.3 Å². The monoisotopic (exact) mass is 477 g/mol. The Bertz CT molecular complexity index is 949. The first kappa shape index (κ1) is 24.2. The molecule has 0 aliphatic carbocycles. The van der Waals surface area contributed by atoms with Gasteiger partial charge in [-0.25, -0.2) is 8.42 Å². The van der Waals surface area contributed by atoms with E-state index in [1.54, 1.807) is 25.1 Å². The molecule has 2 rings (SSSR count). The molecule has 0 aliphatic heterocycles. The molecule has 2 aromatic carbocycles. The third-order valence-corrected chi connectivity index (χ3v) is 8.36. The predicted molar refractivity (Wildman–Crippen MR) is 121 cm³/mol. The first-order valence-electron chi connectivity index (χ1n) is 9.25. The molecule has 0 fully saturated rings. The molecule has 1 unspecified atom stereocenters. The van der Waals surface area contributed by atoms with E-state index in [0.29, 0.717) is 45.6 Å². The van der Waals surface area contributed by atoms with Gasteiger partial charge >= 0.3 is 0 Å². The Kier molecular flexibility index (Phi) is 8.97. The zero-order chi connectivity index (χ0) is 21.6. The van der Waals surface area contributed by atoms with Gasteiger partial charge in [-0.1, -0.05) is 36.2 Å². The predicted octanol–water partition coefficient (Wildman–Crippen LogP) is 4.62. The van der Waals surface area contributed by atoms with Crippen molar-refractivity contribution < 1.29 is 17.7 Å². The highest BCUT2D eigenvalue weighted by Crippen LogP contribution is 2.33. The summed E-state index contributed by atoms with van der Waals surface area (Å²) < 4.78 is 40.1. The summed E-state index contributed by atoms with van der Waals surface area (Å²) in [5.41, 5.74) is 0.787. The quantitative estimate of drug-likeness (QED) is 0.541. The van der Waals surface area contributed by atoms with E-state index in [0.717, 1.165) is 0 Å². The summed E-state index contributed by atoms with van der Waals surface area (Å²) in [6.07, 6.45) is 1.12. The van der Waals surface area contributed by atoms with E-state index < -0.39 is 26.9 Å². The fourth-order valence-electron chi connectivity index (χ4n) is 3.00. The molecule has 0 spiro atoms. The van der Waals surface area contributed by atoms with Gasteiger partial charge in [-0.2, -0.15) is 0 Å². The molecule has 0 heterocycles. The minimum Gasteiger partial charge on any atom is -0.392 e. The molecule has 5 nitrogen and oxygen atoms in total. The average Bonchev–Trinajstić information content (AvgIpc) is 2.68. The Morgan fingerprint density at radius 3 is 2.31 bits per heavy atom. The van der Waals surface area contributed by atoms with Crippen LogP contribution >= 0.6 is 23.2 Å². The van der Waals surface area contributed by atoms with Crippen LogP contribution in [0.4, 0.5) is 5.69 Å². The topological polar surface area (TPSA) is 74.7 Å².